The molecule has 0 heterocycles. The van der Waals surface area contributed by atoms with Gasteiger partial charge >= 0.3 is 0 Å². The zero-order valence-electron chi connectivity index (χ0n) is 10.8. The van der Waals surface area contributed by atoms with E-state index in [4.69, 9.17) is 11.6 Å². The van der Waals surface area contributed by atoms with Gasteiger partial charge < -0.3 is 15.3 Å². The van der Waals surface area contributed by atoms with Crippen LogP contribution in [0.5, 0.6) is 0 Å². The van der Waals surface area contributed by atoms with Crippen LogP contribution in [-0.2, 0) is 6.54 Å². The number of aliphatic hydroxyl groups is 1. The minimum atomic E-state index is 0.184. The van der Waals surface area contributed by atoms with Crippen molar-refractivity contribution in [3.63, 3.8) is 0 Å². The van der Waals surface area contributed by atoms with Gasteiger partial charge in [-0.3, -0.25) is 0 Å². The molecule has 0 aliphatic heterocycles. The highest BCUT2D eigenvalue weighted by Crippen LogP contribution is 2.35. The van der Waals surface area contributed by atoms with Crippen LogP contribution in [0.25, 0.3) is 0 Å². The van der Waals surface area contributed by atoms with E-state index in [1.54, 1.807) is 0 Å². The molecule has 0 saturated heterocycles. The van der Waals surface area contributed by atoms with E-state index in [2.05, 4.69) is 23.2 Å². The number of hydrogen-bond donors (Lipinski definition) is 2. The summed E-state index contributed by atoms with van der Waals surface area (Å²) < 4.78 is 0. The van der Waals surface area contributed by atoms with Gasteiger partial charge in [-0.15, -0.1) is 0 Å². The fourth-order valence-electron chi connectivity index (χ4n) is 2.24. The van der Waals surface area contributed by atoms with Crippen molar-refractivity contribution in [2.75, 3.05) is 24.6 Å². The summed E-state index contributed by atoms with van der Waals surface area (Å²) in [4.78, 5) is 2.29. The van der Waals surface area contributed by atoms with Gasteiger partial charge in [-0.2, -0.15) is 0 Å². The highest BCUT2D eigenvalue weighted by molar-refractivity contribution is 6.31. The maximum Gasteiger partial charge on any atom is 0.0606 e. The van der Waals surface area contributed by atoms with E-state index >= 15 is 0 Å². The standard InChI is InChI=1S/C14H21ClN2O/c1-2-16-10-12-13(15)4-3-5-14(12)17(8-9-18)11-6-7-11/h3-5,11,16,18H,2,6-10H2,1H3. The van der Waals surface area contributed by atoms with Gasteiger partial charge in [0.05, 0.1) is 6.61 Å². The lowest BCUT2D eigenvalue weighted by Gasteiger charge is -2.27. The van der Waals surface area contributed by atoms with Crippen molar-refractivity contribution in [2.45, 2.75) is 32.4 Å². The van der Waals surface area contributed by atoms with Crippen molar-refractivity contribution in [1.82, 2.24) is 5.32 Å². The monoisotopic (exact) mass is 268 g/mol. The number of nitrogens with one attached hydrogen (secondary N) is 1. The Kier molecular flexibility index (Phi) is 4.87. The molecule has 1 saturated carbocycles. The van der Waals surface area contributed by atoms with Gasteiger partial charge in [0.2, 0.25) is 0 Å². The summed E-state index contributed by atoms with van der Waals surface area (Å²) in [5.74, 6) is 0. The SMILES string of the molecule is CCNCc1c(Cl)cccc1N(CCO)C1CC1. The third-order valence-electron chi connectivity index (χ3n) is 3.28. The fraction of sp³-hybridized carbons (Fsp3) is 0.571. The van der Waals surface area contributed by atoms with Crippen molar-refractivity contribution in [3.05, 3.63) is 28.8 Å². The third-order valence-corrected chi connectivity index (χ3v) is 3.64. The van der Waals surface area contributed by atoms with Crippen molar-refractivity contribution < 1.29 is 5.11 Å². The van der Waals surface area contributed by atoms with E-state index in [1.165, 1.54) is 18.5 Å². The van der Waals surface area contributed by atoms with E-state index in [1.807, 2.05) is 12.1 Å². The molecule has 0 atom stereocenters. The molecule has 4 heteroatoms. The lowest BCUT2D eigenvalue weighted by Crippen LogP contribution is -2.30. The lowest BCUT2D eigenvalue weighted by molar-refractivity contribution is 0.301. The molecule has 1 aliphatic carbocycles. The largest absolute Gasteiger partial charge is 0.395 e. The molecule has 0 radical (unpaired) electrons. The van der Waals surface area contributed by atoms with E-state index in [9.17, 15) is 5.11 Å². The van der Waals surface area contributed by atoms with Crippen LogP contribution >= 0.6 is 11.6 Å². The Balaban J connectivity index is 2.25. The highest BCUT2D eigenvalue weighted by Gasteiger charge is 2.30. The third kappa shape index (κ3) is 3.16. The van der Waals surface area contributed by atoms with Gasteiger partial charge in [-0.25, -0.2) is 0 Å². The van der Waals surface area contributed by atoms with Crippen LogP contribution in [0.15, 0.2) is 18.2 Å². The maximum atomic E-state index is 9.22. The number of nitrogens with zero attached hydrogens (tertiary/aromatic N) is 1. The molecule has 3 nitrogen and oxygen atoms in total. The van der Waals surface area contributed by atoms with Crippen LogP contribution in [0.4, 0.5) is 5.69 Å². The molecule has 0 amide bonds. The van der Waals surface area contributed by atoms with Crippen LogP contribution in [0.1, 0.15) is 25.3 Å². The molecule has 0 aromatic heterocycles. The first-order valence-corrected chi connectivity index (χ1v) is 7.01. The molecule has 1 aromatic carbocycles. The van der Waals surface area contributed by atoms with Crippen LogP contribution in [0, 0.1) is 0 Å². The molecule has 0 spiro atoms. The molecule has 1 aliphatic rings. The smallest absolute Gasteiger partial charge is 0.0606 e. The van der Waals surface area contributed by atoms with Gasteiger partial charge in [0.1, 0.15) is 0 Å². The highest BCUT2D eigenvalue weighted by atomic mass is 35.5. The molecule has 1 fully saturated rings. The van der Waals surface area contributed by atoms with Crippen molar-refractivity contribution in [3.8, 4) is 0 Å². The zero-order chi connectivity index (χ0) is 13.0. The Morgan fingerprint density at radius 1 is 1.44 bits per heavy atom. The van der Waals surface area contributed by atoms with Gasteiger partial charge in [0.15, 0.2) is 0 Å². The summed E-state index contributed by atoms with van der Waals surface area (Å²) in [6, 6.07) is 6.60. The number of anilines is 1. The summed E-state index contributed by atoms with van der Waals surface area (Å²) in [6.07, 6.45) is 2.43. The van der Waals surface area contributed by atoms with Crippen molar-refractivity contribution in [1.29, 1.82) is 0 Å². The number of aliphatic hydroxyl groups excluding tert-OH is 1. The summed E-state index contributed by atoms with van der Waals surface area (Å²) in [6.45, 7) is 4.66. The quantitative estimate of drug-likeness (QED) is 0.797. The second kappa shape index (κ2) is 6.41. The molecule has 100 valence electrons. The first-order valence-electron chi connectivity index (χ1n) is 6.63. The Morgan fingerprint density at radius 2 is 2.22 bits per heavy atom. The molecule has 0 unspecified atom stereocenters. The van der Waals surface area contributed by atoms with Gasteiger partial charge in [-0.1, -0.05) is 24.6 Å². The molecule has 18 heavy (non-hydrogen) atoms. The predicted octanol–water partition coefficient (Wildman–Crippen LogP) is 2.41. The Hall–Kier alpha value is -0.770. The van der Waals surface area contributed by atoms with E-state index in [-0.39, 0.29) is 6.61 Å². The van der Waals surface area contributed by atoms with Gasteiger partial charge in [0.25, 0.3) is 0 Å². The first-order chi connectivity index (χ1) is 8.77. The molecule has 2 rings (SSSR count). The predicted molar refractivity (Wildman–Crippen MR) is 76.3 cm³/mol. The number of hydrogen-bond acceptors (Lipinski definition) is 3. The van der Waals surface area contributed by atoms with Gasteiger partial charge in [-0.05, 0) is 31.5 Å². The zero-order valence-corrected chi connectivity index (χ0v) is 11.6. The van der Waals surface area contributed by atoms with Crippen molar-refractivity contribution >= 4 is 17.3 Å². The molecule has 1 aromatic rings. The summed E-state index contributed by atoms with van der Waals surface area (Å²) >= 11 is 6.31. The molecular formula is C14H21ClN2O. The minimum Gasteiger partial charge on any atom is -0.395 e. The minimum absolute atomic E-state index is 0.184. The summed E-state index contributed by atoms with van der Waals surface area (Å²) in [7, 11) is 0. The number of rotatable bonds is 7. The average Bonchev–Trinajstić information content (AvgIpc) is 3.19. The summed E-state index contributed by atoms with van der Waals surface area (Å²) in [5, 5.41) is 13.4. The lowest BCUT2D eigenvalue weighted by atomic mass is 10.1. The summed E-state index contributed by atoms with van der Waals surface area (Å²) in [5.41, 5.74) is 2.31. The maximum absolute atomic E-state index is 9.22. The second-order valence-electron chi connectivity index (χ2n) is 4.67. The Morgan fingerprint density at radius 3 is 2.83 bits per heavy atom. The molecule has 2 N–H and O–H groups in total. The Labute approximate surface area is 114 Å². The van der Waals surface area contributed by atoms with Crippen LogP contribution in [0.2, 0.25) is 5.02 Å². The topological polar surface area (TPSA) is 35.5 Å². The number of halogens is 1. The molecule has 0 bridgehead atoms. The van der Waals surface area contributed by atoms with Crippen LogP contribution < -0.4 is 10.2 Å². The van der Waals surface area contributed by atoms with E-state index < -0.39 is 0 Å². The first kappa shape index (κ1) is 13.7. The number of benzene rings is 1. The normalized spacial score (nSPS) is 14.8. The van der Waals surface area contributed by atoms with E-state index in [0.717, 1.165) is 23.7 Å². The van der Waals surface area contributed by atoms with Crippen LogP contribution in [0.3, 0.4) is 0 Å². The van der Waals surface area contributed by atoms with Crippen molar-refractivity contribution in [2.24, 2.45) is 0 Å². The molecular weight excluding hydrogens is 248 g/mol. The van der Waals surface area contributed by atoms with E-state index in [0.29, 0.717) is 12.6 Å². The van der Waals surface area contributed by atoms with Crippen LogP contribution in [-0.4, -0.2) is 30.8 Å². The second-order valence-corrected chi connectivity index (χ2v) is 5.07. The average molecular weight is 269 g/mol. The fourth-order valence-corrected chi connectivity index (χ4v) is 2.47. The van der Waals surface area contributed by atoms with Gasteiger partial charge in [0, 0.05) is 35.4 Å². The Bertz CT molecular complexity index is 393.